The topological polar surface area (TPSA) is 44.5 Å². The molecule has 0 aliphatic carbocycles. The normalized spacial score (nSPS) is 20.2. The monoisotopic (exact) mass is 267 g/mol. The molecule has 1 aliphatic rings. The molecular weight excluding hydrogens is 245 g/mol. The number of nitrogens with two attached hydrogens (primary N) is 1. The highest BCUT2D eigenvalue weighted by atomic mass is 19.1. The smallest absolute Gasteiger partial charge is 0.123 e. The Morgan fingerprint density at radius 3 is 2.68 bits per heavy atom. The average molecular weight is 267 g/mol. The summed E-state index contributed by atoms with van der Waals surface area (Å²) in [5.74, 6) is -0.206. The third-order valence-electron chi connectivity index (χ3n) is 4.17. The lowest BCUT2D eigenvalue weighted by Gasteiger charge is -2.40. The molecule has 2 N–H and O–H groups in total. The summed E-state index contributed by atoms with van der Waals surface area (Å²) in [6, 6.07) is 4.74. The molecule has 1 unspecified atom stereocenters. The van der Waals surface area contributed by atoms with E-state index in [1.165, 1.54) is 6.07 Å². The number of aryl methyl sites for hydroxylation is 1. The Kier molecular flexibility index (Phi) is 4.55. The van der Waals surface area contributed by atoms with Crippen LogP contribution in [0.15, 0.2) is 18.2 Å². The van der Waals surface area contributed by atoms with Crippen LogP contribution in [0.2, 0.25) is 0 Å². The van der Waals surface area contributed by atoms with Crippen LogP contribution < -0.4 is 5.73 Å². The van der Waals surface area contributed by atoms with E-state index in [0.29, 0.717) is 19.6 Å². The van der Waals surface area contributed by atoms with E-state index in [2.05, 4.69) is 0 Å². The van der Waals surface area contributed by atoms with Crippen LogP contribution in [0.25, 0.3) is 0 Å². The highest BCUT2D eigenvalue weighted by molar-refractivity contribution is 5.28. The van der Waals surface area contributed by atoms with Gasteiger partial charge in [0.1, 0.15) is 5.82 Å². The summed E-state index contributed by atoms with van der Waals surface area (Å²) in [5.41, 5.74) is 8.06. The van der Waals surface area contributed by atoms with E-state index in [0.717, 1.165) is 24.0 Å². The van der Waals surface area contributed by atoms with Gasteiger partial charge in [-0.2, -0.15) is 0 Å². The van der Waals surface area contributed by atoms with Gasteiger partial charge in [0, 0.05) is 39.2 Å². The van der Waals surface area contributed by atoms with E-state index < -0.39 is 0 Å². The molecule has 0 amide bonds. The zero-order valence-corrected chi connectivity index (χ0v) is 11.6. The molecule has 1 saturated heterocycles. The number of methoxy groups -OCH3 is 1. The second-order valence-electron chi connectivity index (χ2n) is 5.26. The molecule has 0 bridgehead atoms. The maximum Gasteiger partial charge on any atom is 0.123 e. The number of benzene rings is 1. The first-order valence-electron chi connectivity index (χ1n) is 6.71. The molecule has 106 valence electrons. The summed E-state index contributed by atoms with van der Waals surface area (Å²) in [6.07, 6.45) is 2.32. The van der Waals surface area contributed by atoms with Crippen molar-refractivity contribution in [2.75, 3.05) is 20.3 Å². The van der Waals surface area contributed by atoms with Gasteiger partial charge >= 0.3 is 0 Å². The Bertz CT molecular complexity index is 430. The van der Waals surface area contributed by atoms with E-state index in [-0.39, 0.29) is 17.5 Å². The van der Waals surface area contributed by atoms with Gasteiger partial charge in [-0.05, 0) is 36.6 Å². The molecular formula is C15H22FNO2. The van der Waals surface area contributed by atoms with Crippen LogP contribution in [0.1, 0.15) is 24.0 Å². The van der Waals surface area contributed by atoms with E-state index in [9.17, 15) is 4.39 Å². The van der Waals surface area contributed by atoms with E-state index in [1.807, 2.05) is 13.0 Å². The van der Waals surface area contributed by atoms with Crippen molar-refractivity contribution in [2.45, 2.75) is 37.8 Å². The fourth-order valence-electron chi connectivity index (χ4n) is 2.75. The molecule has 19 heavy (non-hydrogen) atoms. The molecule has 0 aromatic heterocycles. The number of hydrogen-bond donors (Lipinski definition) is 1. The van der Waals surface area contributed by atoms with Crippen LogP contribution in [0.5, 0.6) is 0 Å². The van der Waals surface area contributed by atoms with Crippen molar-refractivity contribution in [3.8, 4) is 0 Å². The molecule has 0 spiro atoms. The molecule has 3 nitrogen and oxygen atoms in total. The fourth-order valence-corrected chi connectivity index (χ4v) is 2.75. The van der Waals surface area contributed by atoms with E-state index in [4.69, 9.17) is 15.2 Å². The van der Waals surface area contributed by atoms with E-state index >= 15 is 0 Å². The second-order valence-corrected chi connectivity index (χ2v) is 5.26. The molecule has 0 saturated carbocycles. The summed E-state index contributed by atoms with van der Waals surface area (Å²) < 4.78 is 24.2. The molecule has 0 radical (unpaired) electrons. The zero-order valence-electron chi connectivity index (χ0n) is 11.6. The minimum absolute atomic E-state index is 0.106. The minimum atomic E-state index is -0.320. The van der Waals surface area contributed by atoms with Crippen LogP contribution in [0.3, 0.4) is 0 Å². The summed E-state index contributed by atoms with van der Waals surface area (Å²) in [7, 11) is 1.71. The first-order chi connectivity index (χ1) is 9.07. The third kappa shape index (κ3) is 3.14. The Balaban J connectivity index is 2.12. The predicted octanol–water partition coefficient (Wildman–Crippen LogP) is 2.20. The predicted molar refractivity (Wildman–Crippen MR) is 72.6 cm³/mol. The van der Waals surface area contributed by atoms with Crippen molar-refractivity contribution < 1.29 is 13.9 Å². The van der Waals surface area contributed by atoms with Crippen LogP contribution in [0.4, 0.5) is 4.39 Å². The van der Waals surface area contributed by atoms with Gasteiger partial charge < -0.3 is 15.2 Å². The van der Waals surface area contributed by atoms with Crippen molar-refractivity contribution in [3.05, 3.63) is 35.1 Å². The Morgan fingerprint density at radius 2 is 2.11 bits per heavy atom. The van der Waals surface area contributed by atoms with Gasteiger partial charge in [0.25, 0.3) is 0 Å². The minimum Gasteiger partial charge on any atom is -0.381 e. The summed E-state index contributed by atoms with van der Waals surface area (Å²) in [4.78, 5) is 0. The molecule has 2 rings (SSSR count). The molecule has 1 fully saturated rings. The molecule has 1 atom stereocenters. The summed E-state index contributed by atoms with van der Waals surface area (Å²) in [5, 5.41) is 0. The fraction of sp³-hybridized carbons (Fsp3) is 0.600. The SMILES string of the molecule is COC1(C(N)Cc2ccc(F)cc2C)CCOCC1. The van der Waals surface area contributed by atoms with Crippen LogP contribution in [0, 0.1) is 12.7 Å². The lowest BCUT2D eigenvalue weighted by molar-refractivity contribution is -0.103. The highest BCUT2D eigenvalue weighted by Crippen LogP contribution is 2.29. The lowest BCUT2D eigenvalue weighted by atomic mass is 9.82. The van der Waals surface area contributed by atoms with Gasteiger partial charge in [0.05, 0.1) is 5.60 Å². The number of halogens is 1. The molecule has 4 heteroatoms. The maximum absolute atomic E-state index is 13.1. The first-order valence-corrected chi connectivity index (χ1v) is 6.71. The van der Waals surface area contributed by atoms with Crippen LogP contribution in [-0.4, -0.2) is 32.0 Å². The van der Waals surface area contributed by atoms with Gasteiger partial charge in [-0.3, -0.25) is 0 Å². The van der Waals surface area contributed by atoms with Gasteiger partial charge in [-0.15, -0.1) is 0 Å². The first kappa shape index (κ1) is 14.4. The highest BCUT2D eigenvalue weighted by Gasteiger charge is 2.38. The Labute approximate surface area is 113 Å². The van der Waals surface area contributed by atoms with Crippen molar-refractivity contribution in [2.24, 2.45) is 5.73 Å². The number of rotatable bonds is 4. The van der Waals surface area contributed by atoms with Gasteiger partial charge in [-0.25, -0.2) is 4.39 Å². The van der Waals surface area contributed by atoms with Gasteiger partial charge in [-0.1, -0.05) is 6.07 Å². The van der Waals surface area contributed by atoms with Crippen molar-refractivity contribution in [3.63, 3.8) is 0 Å². The lowest BCUT2D eigenvalue weighted by Crippen LogP contribution is -2.54. The molecule has 1 aromatic carbocycles. The van der Waals surface area contributed by atoms with Crippen molar-refractivity contribution in [1.82, 2.24) is 0 Å². The van der Waals surface area contributed by atoms with Gasteiger partial charge in [0.2, 0.25) is 0 Å². The largest absolute Gasteiger partial charge is 0.381 e. The Morgan fingerprint density at radius 1 is 1.42 bits per heavy atom. The molecule has 1 aliphatic heterocycles. The summed E-state index contributed by atoms with van der Waals surface area (Å²) >= 11 is 0. The molecule has 1 heterocycles. The van der Waals surface area contributed by atoms with Crippen LogP contribution in [-0.2, 0) is 15.9 Å². The standard InChI is InChI=1S/C15H22FNO2/c1-11-9-13(16)4-3-12(11)10-14(17)15(18-2)5-7-19-8-6-15/h3-4,9,14H,5-8,10,17H2,1-2H3. The number of hydrogen-bond acceptors (Lipinski definition) is 3. The second kappa shape index (κ2) is 5.99. The maximum atomic E-state index is 13.1. The zero-order chi connectivity index (χ0) is 13.9. The van der Waals surface area contributed by atoms with E-state index in [1.54, 1.807) is 13.2 Å². The van der Waals surface area contributed by atoms with Crippen molar-refractivity contribution >= 4 is 0 Å². The van der Waals surface area contributed by atoms with Crippen LogP contribution >= 0.6 is 0 Å². The third-order valence-corrected chi connectivity index (χ3v) is 4.17. The average Bonchev–Trinajstić information content (AvgIpc) is 2.42. The van der Waals surface area contributed by atoms with Gasteiger partial charge in [0.15, 0.2) is 0 Å². The quantitative estimate of drug-likeness (QED) is 0.909. The molecule has 1 aromatic rings. The summed E-state index contributed by atoms with van der Waals surface area (Å²) in [6.45, 7) is 3.28. The Hall–Kier alpha value is -0.970. The van der Waals surface area contributed by atoms with Crippen molar-refractivity contribution in [1.29, 1.82) is 0 Å². The number of ether oxygens (including phenoxy) is 2.